The van der Waals surface area contributed by atoms with Gasteiger partial charge in [-0.05, 0) is 36.2 Å². The van der Waals surface area contributed by atoms with Crippen LogP contribution in [0.25, 0.3) is 0 Å². The van der Waals surface area contributed by atoms with E-state index < -0.39 is 10.0 Å². The Morgan fingerprint density at radius 2 is 1.85 bits per heavy atom. The fraction of sp³-hybridized carbons (Fsp3) is 0.316. The highest BCUT2D eigenvalue weighted by Gasteiger charge is 2.24. The molecular weight excluding hydrogens is 352 g/mol. The highest BCUT2D eigenvalue weighted by Crippen LogP contribution is 2.20. The van der Waals surface area contributed by atoms with Gasteiger partial charge in [0.25, 0.3) is 0 Å². The molecule has 0 radical (unpaired) electrons. The highest BCUT2D eigenvalue weighted by molar-refractivity contribution is 7.89. The minimum absolute atomic E-state index is 0.0979. The summed E-state index contributed by atoms with van der Waals surface area (Å²) in [7, 11) is -2.04. The van der Waals surface area contributed by atoms with Crippen LogP contribution in [0.4, 0.5) is 5.69 Å². The van der Waals surface area contributed by atoms with Gasteiger partial charge in [-0.25, -0.2) is 8.42 Å². The lowest BCUT2D eigenvalue weighted by atomic mass is 10.1. The van der Waals surface area contributed by atoms with E-state index in [9.17, 15) is 13.2 Å². The number of sulfonamides is 1. The molecule has 6 nitrogen and oxygen atoms in total. The summed E-state index contributed by atoms with van der Waals surface area (Å²) in [4.78, 5) is 12.3. The number of carbonyl (C=O) groups excluding carboxylic acids is 1. The third-order valence-electron chi connectivity index (χ3n) is 4.38. The third-order valence-corrected chi connectivity index (χ3v) is 6.20. The van der Waals surface area contributed by atoms with Crippen LogP contribution in [-0.4, -0.2) is 38.9 Å². The molecule has 0 bridgehead atoms. The molecule has 26 heavy (non-hydrogen) atoms. The lowest BCUT2D eigenvalue weighted by molar-refractivity contribution is -0.119. The van der Waals surface area contributed by atoms with Crippen LogP contribution >= 0.6 is 0 Å². The van der Waals surface area contributed by atoms with E-state index in [1.807, 2.05) is 30.3 Å². The second-order valence-electron chi connectivity index (χ2n) is 6.32. The average molecular weight is 374 g/mol. The Morgan fingerprint density at radius 1 is 1.15 bits per heavy atom. The second kappa shape index (κ2) is 7.99. The van der Waals surface area contributed by atoms with Crippen LogP contribution in [0.1, 0.15) is 12.0 Å². The smallest absolute Gasteiger partial charge is 0.243 e. The van der Waals surface area contributed by atoms with Crippen LogP contribution in [0.5, 0.6) is 0 Å². The molecule has 1 amide bonds. The molecule has 1 aliphatic rings. The van der Waals surface area contributed by atoms with Crippen molar-refractivity contribution in [2.24, 2.45) is 5.92 Å². The molecule has 1 heterocycles. The number of carbonyl (C=O) groups is 1. The van der Waals surface area contributed by atoms with Gasteiger partial charge in [0, 0.05) is 25.9 Å². The maximum Gasteiger partial charge on any atom is 0.243 e. The van der Waals surface area contributed by atoms with Crippen molar-refractivity contribution in [3.63, 3.8) is 0 Å². The van der Waals surface area contributed by atoms with Gasteiger partial charge in [-0.15, -0.1) is 0 Å². The molecule has 7 heteroatoms. The van der Waals surface area contributed by atoms with E-state index in [-0.39, 0.29) is 16.7 Å². The average Bonchev–Trinajstić information content (AvgIpc) is 3.18. The molecule has 1 fully saturated rings. The summed E-state index contributed by atoms with van der Waals surface area (Å²) in [6.45, 7) is 1.33. The summed E-state index contributed by atoms with van der Waals surface area (Å²) in [5.41, 5.74) is 1.49. The molecule has 1 unspecified atom stereocenters. The van der Waals surface area contributed by atoms with Crippen molar-refractivity contribution in [1.82, 2.24) is 4.31 Å². The predicted molar refractivity (Wildman–Crippen MR) is 99.1 cm³/mol. The van der Waals surface area contributed by atoms with E-state index in [0.717, 1.165) is 5.56 Å². The first-order chi connectivity index (χ1) is 12.5. The highest BCUT2D eigenvalue weighted by atomic mass is 32.2. The molecule has 0 spiro atoms. The van der Waals surface area contributed by atoms with E-state index in [4.69, 9.17) is 4.74 Å². The van der Waals surface area contributed by atoms with Gasteiger partial charge in [0.15, 0.2) is 0 Å². The molecule has 0 aliphatic carbocycles. The normalized spacial score (nSPS) is 17.4. The lowest BCUT2D eigenvalue weighted by Gasteiger charge is -2.17. The van der Waals surface area contributed by atoms with Crippen LogP contribution in [0.2, 0.25) is 0 Å². The maximum atomic E-state index is 12.7. The van der Waals surface area contributed by atoms with Crippen LogP contribution < -0.4 is 5.32 Å². The first-order valence-electron chi connectivity index (χ1n) is 8.46. The van der Waals surface area contributed by atoms with Crippen LogP contribution in [0.3, 0.4) is 0 Å². The minimum Gasteiger partial charge on any atom is -0.381 e. The zero-order chi connectivity index (χ0) is 18.6. The molecule has 0 saturated carbocycles. The number of amides is 1. The molecule has 1 atom stereocenters. The van der Waals surface area contributed by atoms with Crippen molar-refractivity contribution in [2.75, 3.05) is 25.6 Å². The van der Waals surface area contributed by atoms with Gasteiger partial charge >= 0.3 is 0 Å². The molecule has 3 rings (SSSR count). The molecular formula is C19H22N2O4S. The van der Waals surface area contributed by atoms with E-state index in [2.05, 4.69) is 5.32 Å². The standard InChI is InChI=1S/C19H22N2O4S/c1-21(13-15-5-3-2-4-6-15)26(23,24)18-9-7-17(8-10-18)20-19(22)16-11-12-25-14-16/h2-10,16H,11-14H2,1H3,(H,20,22). The van der Waals surface area contributed by atoms with Gasteiger partial charge in [0.2, 0.25) is 15.9 Å². The molecule has 1 N–H and O–H groups in total. The van der Waals surface area contributed by atoms with Crippen molar-refractivity contribution in [3.8, 4) is 0 Å². The lowest BCUT2D eigenvalue weighted by Crippen LogP contribution is -2.26. The first-order valence-corrected chi connectivity index (χ1v) is 9.90. The number of rotatable bonds is 6. The number of hydrogen-bond donors (Lipinski definition) is 1. The molecule has 0 aromatic heterocycles. The van der Waals surface area contributed by atoms with Crippen molar-refractivity contribution in [2.45, 2.75) is 17.9 Å². The van der Waals surface area contributed by atoms with Crippen LogP contribution in [0, 0.1) is 5.92 Å². The fourth-order valence-electron chi connectivity index (χ4n) is 2.80. The van der Waals surface area contributed by atoms with E-state index in [1.165, 1.54) is 16.4 Å². The molecule has 2 aromatic carbocycles. The number of nitrogens with zero attached hydrogens (tertiary/aromatic N) is 1. The minimum atomic E-state index is -3.60. The second-order valence-corrected chi connectivity index (χ2v) is 8.37. The summed E-state index contributed by atoms with van der Waals surface area (Å²) in [5.74, 6) is -0.241. The number of ether oxygens (including phenoxy) is 1. The zero-order valence-electron chi connectivity index (χ0n) is 14.6. The zero-order valence-corrected chi connectivity index (χ0v) is 15.4. The van der Waals surface area contributed by atoms with E-state index in [1.54, 1.807) is 19.2 Å². The number of nitrogens with one attached hydrogen (secondary N) is 1. The summed E-state index contributed by atoms with van der Waals surface area (Å²) >= 11 is 0. The Balaban J connectivity index is 1.67. The SMILES string of the molecule is CN(Cc1ccccc1)S(=O)(=O)c1ccc(NC(=O)C2CCOC2)cc1. The van der Waals surface area contributed by atoms with Crippen molar-refractivity contribution in [1.29, 1.82) is 0 Å². The van der Waals surface area contributed by atoms with Crippen molar-refractivity contribution in [3.05, 3.63) is 60.2 Å². The Morgan fingerprint density at radius 3 is 2.46 bits per heavy atom. The molecule has 138 valence electrons. The quantitative estimate of drug-likeness (QED) is 0.843. The van der Waals surface area contributed by atoms with E-state index in [0.29, 0.717) is 31.9 Å². The monoisotopic (exact) mass is 374 g/mol. The van der Waals surface area contributed by atoms with Gasteiger partial charge in [-0.2, -0.15) is 4.31 Å². The summed E-state index contributed by atoms with van der Waals surface area (Å²) < 4.78 is 31.9. The Kier molecular flexibility index (Phi) is 5.70. The molecule has 1 saturated heterocycles. The first kappa shape index (κ1) is 18.6. The maximum absolute atomic E-state index is 12.7. The summed E-state index contributed by atoms with van der Waals surface area (Å²) in [6.07, 6.45) is 0.711. The van der Waals surface area contributed by atoms with Gasteiger partial charge < -0.3 is 10.1 Å². The molecule has 2 aromatic rings. The summed E-state index contributed by atoms with van der Waals surface area (Å²) in [6, 6.07) is 15.7. The number of anilines is 1. The number of benzene rings is 2. The Labute approximate surface area is 153 Å². The van der Waals surface area contributed by atoms with Gasteiger partial charge in [-0.3, -0.25) is 4.79 Å². The topological polar surface area (TPSA) is 75.7 Å². The van der Waals surface area contributed by atoms with Crippen LogP contribution in [-0.2, 0) is 26.1 Å². The largest absolute Gasteiger partial charge is 0.381 e. The van der Waals surface area contributed by atoms with E-state index >= 15 is 0 Å². The Hall–Kier alpha value is -2.22. The van der Waals surface area contributed by atoms with Gasteiger partial charge in [0.1, 0.15) is 0 Å². The Bertz CT molecular complexity index is 845. The molecule has 1 aliphatic heterocycles. The van der Waals surface area contributed by atoms with Gasteiger partial charge in [0.05, 0.1) is 17.4 Å². The van der Waals surface area contributed by atoms with Crippen molar-refractivity contribution < 1.29 is 17.9 Å². The third kappa shape index (κ3) is 4.30. The number of hydrogen-bond acceptors (Lipinski definition) is 4. The fourth-order valence-corrected chi connectivity index (χ4v) is 3.96. The van der Waals surface area contributed by atoms with Gasteiger partial charge in [-0.1, -0.05) is 30.3 Å². The van der Waals surface area contributed by atoms with Crippen molar-refractivity contribution >= 4 is 21.6 Å². The predicted octanol–water partition coefficient (Wildman–Crippen LogP) is 2.48. The van der Waals surface area contributed by atoms with Crippen LogP contribution in [0.15, 0.2) is 59.5 Å². The summed E-state index contributed by atoms with van der Waals surface area (Å²) in [5, 5.41) is 2.80.